The quantitative estimate of drug-likeness (QED) is 0.0516. The molecule has 0 saturated heterocycles. The van der Waals surface area contributed by atoms with E-state index in [1.54, 1.807) is 0 Å². The molecular formula is C27H50NO10P. The number of allylic oxidation sites excluding steroid dienone is 2. The molecule has 0 aromatic rings. The maximum Gasteiger partial charge on any atom is 0.472 e. The molecule has 3 atom stereocenters. The largest absolute Gasteiger partial charge is 0.480 e. The summed E-state index contributed by atoms with van der Waals surface area (Å²) in [5.41, 5.74) is 5.26. The molecule has 228 valence electrons. The van der Waals surface area contributed by atoms with Crippen LogP contribution in [0.4, 0.5) is 0 Å². The minimum Gasteiger partial charge on any atom is -0.480 e. The summed E-state index contributed by atoms with van der Waals surface area (Å²) in [5, 5.41) is 8.77. The van der Waals surface area contributed by atoms with E-state index in [4.69, 9.17) is 24.8 Å². The molecule has 39 heavy (non-hydrogen) atoms. The lowest BCUT2D eigenvalue weighted by Gasteiger charge is -2.20. The number of nitrogens with two attached hydrogens (primary N) is 1. The van der Waals surface area contributed by atoms with E-state index in [1.165, 1.54) is 0 Å². The number of carboxylic acids is 1. The molecule has 12 heteroatoms. The van der Waals surface area contributed by atoms with Crippen LogP contribution in [0.15, 0.2) is 12.2 Å². The Morgan fingerprint density at radius 3 is 1.97 bits per heavy atom. The lowest BCUT2D eigenvalue weighted by atomic mass is 10.1. The lowest BCUT2D eigenvalue weighted by Crippen LogP contribution is -2.34. The number of aliphatic carboxylic acids is 1. The molecule has 0 spiro atoms. The highest BCUT2D eigenvalue weighted by Gasteiger charge is 2.28. The van der Waals surface area contributed by atoms with Crippen molar-refractivity contribution in [3.8, 4) is 0 Å². The molecule has 0 heterocycles. The number of carboxylic acid groups (broad SMARTS) is 1. The normalized spacial score (nSPS) is 14.6. The van der Waals surface area contributed by atoms with E-state index >= 15 is 0 Å². The smallest absolute Gasteiger partial charge is 0.472 e. The first-order valence-corrected chi connectivity index (χ1v) is 15.7. The van der Waals surface area contributed by atoms with Crippen LogP contribution in [0.5, 0.6) is 0 Å². The Morgan fingerprint density at radius 2 is 1.33 bits per heavy atom. The first-order chi connectivity index (χ1) is 18.6. The minimum atomic E-state index is -4.69. The van der Waals surface area contributed by atoms with E-state index in [-0.39, 0.29) is 19.4 Å². The molecule has 0 fully saturated rings. The van der Waals surface area contributed by atoms with Crippen molar-refractivity contribution in [2.24, 2.45) is 5.73 Å². The van der Waals surface area contributed by atoms with E-state index in [2.05, 4.69) is 30.5 Å². The Labute approximate surface area is 233 Å². The second kappa shape index (κ2) is 24.1. The van der Waals surface area contributed by atoms with Gasteiger partial charge in [-0.1, -0.05) is 77.4 Å². The van der Waals surface area contributed by atoms with Gasteiger partial charge in [-0.2, -0.15) is 0 Å². The summed E-state index contributed by atoms with van der Waals surface area (Å²) >= 11 is 0. The topological polar surface area (TPSA) is 172 Å². The van der Waals surface area contributed by atoms with Crippen LogP contribution < -0.4 is 5.73 Å². The number of unbranched alkanes of at least 4 members (excludes halogenated alkanes) is 10. The van der Waals surface area contributed by atoms with Gasteiger partial charge in [-0.05, 0) is 32.1 Å². The van der Waals surface area contributed by atoms with Crippen LogP contribution in [-0.4, -0.2) is 59.9 Å². The fourth-order valence-electron chi connectivity index (χ4n) is 3.42. The minimum absolute atomic E-state index is 0.152. The number of hydrogen-bond donors (Lipinski definition) is 3. The second-order valence-electron chi connectivity index (χ2n) is 9.53. The highest BCUT2D eigenvalue weighted by molar-refractivity contribution is 7.47. The molecule has 0 aliphatic rings. The summed E-state index contributed by atoms with van der Waals surface area (Å²) in [6, 6.07) is -1.52. The zero-order valence-electron chi connectivity index (χ0n) is 23.7. The molecule has 0 amide bonds. The Hall–Kier alpha value is -1.78. The van der Waals surface area contributed by atoms with Crippen LogP contribution in [0.25, 0.3) is 0 Å². The van der Waals surface area contributed by atoms with Crippen molar-refractivity contribution in [2.75, 3.05) is 19.8 Å². The molecule has 0 aromatic heterocycles. The zero-order valence-corrected chi connectivity index (χ0v) is 24.6. The van der Waals surface area contributed by atoms with Gasteiger partial charge in [0, 0.05) is 12.8 Å². The van der Waals surface area contributed by atoms with Crippen LogP contribution >= 0.6 is 7.82 Å². The van der Waals surface area contributed by atoms with Crippen molar-refractivity contribution in [3.05, 3.63) is 12.2 Å². The number of esters is 2. The van der Waals surface area contributed by atoms with Crippen molar-refractivity contribution in [3.63, 3.8) is 0 Å². The Bertz CT molecular complexity index is 746. The number of ether oxygens (including phenoxy) is 2. The summed E-state index contributed by atoms with van der Waals surface area (Å²) in [5.74, 6) is -2.41. The van der Waals surface area contributed by atoms with Crippen LogP contribution in [0.3, 0.4) is 0 Å². The fourth-order valence-corrected chi connectivity index (χ4v) is 4.19. The highest BCUT2D eigenvalue weighted by Crippen LogP contribution is 2.43. The maximum absolute atomic E-state index is 12.3. The molecule has 3 unspecified atom stereocenters. The molecule has 0 aliphatic carbocycles. The van der Waals surface area contributed by atoms with Crippen molar-refractivity contribution in [1.29, 1.82) is 0 Å². The van der Waals surface area contributed by atoms with Crippen LogP contribution in [0, 0.1) is 0 Å². The summed E-state index contributed by atoms with van der Waals surface area (Å²) in [4.78, 5) is 45.0. The van der Waals surface area contributed by atoms with Crippen LogP contribution in [-0.2, 0) is 37.5 Å². The number of rotatable bonds is 26. The number of phosphoric acid groups is 1. The predicted molar refractivity (Wildman–Crippen MR) is 148 cm³/mol. The molecule has 0 aromatic carbocycles. The fraction of sp³-hybridized carbons (Fsp3) is 0.815. The molecular weight excluding hydrogens is 529 g/mol. The van der Waals surface area contributed by atoms with Crippen LogP contribution in [0.2, 0.25) is 0 Å². The Morgan fingerprint density at radius 1 is 0.769 bits per heavy atom. The van der Waals surface area contributed by atoms with E-state index in [1.807, 2.05) is 0 Å². The van der Waals surface area contributed by atoms with Gasteiger partial charge in [0.1, 0.15) is 12.6 Å². The average molecular weight is 580 g/mol. The SMILES string of the molecule is CCC/C=C\CCCCCCCC(=O)OC(COC(=O)CCCCCCC)COP(=O)(O)OCC(N)C(=O)O. The number of hydrogen-bond acceptors (Lipinski definition) is 9. The molecule has 0 bridgehead atoms. The summed E-state index contributed by atoms with van der Waals surface area (Å²) in [6.07, 6.45) is 16.4. The monoisotopic (exact) mass is 579 g/mol. The molecule has 4 N–H and O–H groups in total. The van der Waals surface area contributed by atoms with Gasteiger partial charge in [0.25, 0.3) is 0 Å². The molecule has 0 saturated carbocycles. The van der Waals surface area contributed by atoms with Gasteiger partial charge >= 0.3 is 25.7 Å². The van der Waals surface area contributed by atoms with Gasteiger partial charge in [0.05, 0.1) is 13.2 Å². The lowest BCUT2D eigenvalue weighted by molar-refractivity contribution is -0.161. The zero-order chi connectivity index (χ0) is 29.4. The first kappa shape index (κ1) is 37.2. The highest BCUT2D eigenvalue weighted by atomic mass is 31.2. The third-order valence-electron chi connectivity index (χ3n) is 5.74. The standard InChI is InChI=1S/C27H50NO10P/c1-3-5-7-9-10-11-12-13-15-17-19-26(30)38-23(20-35-25(29)18-16-14-8-6-4-2)21-36-39(33,34)37-22-24(28)27(31)32/h7,9,23-24H,3-6,8,10-22,28H2,1-2H3,(H,31,32)(H,33,34)/b9-7-. The average Bonchev–Trinajstić information content (AvgIpc) is 2.89. The molecule has 0 rings (SSSR count). The van der Waals surface area contributed by atoms with Crippen molar-refractivity contribution in [1.82, 2.24) is 0 Å². The van der Waals surface area contributed by atoms with E-state index < -0.39 is 51.1 Å². The summed E-state index contributed by atoms with van der Waals surface area (Å²) < 4.78 is 32.1. The Kier molecular flexibility index (Phi) is 23.0. The van der Waals surface area contributed by atoms with Gasteiger partial charge in [-0.15, -0.1) is 0 Å². The predicted octanol–water partition coefficient (Wildman–Crippen LogP) is 5.43. The Balaban J connectivity index is 4.59. The van der Waals surface area contributed by atoms with Gasteiger partial charge in [-0.25, -0.2) is 4.57 Å². The second-order valence-corrected chi connectivity index (χ2v) is 11.0. The molecule has 0 aliphatic heterocycles. The first-order valence-electron chi connectivity index (χ1n) is 14.2. The molecule has 0 radical (unpaired) electrons. The van der Waals surface area contributed by atoms with Gasteiger partial charge in [-0.3, -0.25) is 23.4 Å². The van der Waals surface area contributed by atoms with E-state index in [0.29, 0.717) is 12.8 Å². The molecule has 11 nitrogen and oxygen atoms in total. The van der Waals surface area contributed by atoms with E-state index in [9.17, 15) is 23.8 Å². The van der Waals surface area contributed by atoms with Crippen molar-refractivity contribution < 1.29 is 47.5 Å². The van der Waals surface area contributed by atoms with Gasteiger partial charge in [0.15, 0.2) is 6.10 Å². The number of phosphoric ester groups is 1. The number of carbonyl (C=O) groups excluding carboxylic acids is 2. The number of carbonyl (C=O) groups is 3. The summed E-state index contributed by atoms with van der Waals surface area (Å²) in [7, 11) is -4.69. The third-order valence-corrected chi connectivity index (χ3v) is 6.70. The van der Waals surface area contributed by atoms with E-state index in [0.717, 1.165) is 70.6 Å². The van der Waals surface area contributed by atoms with Gasteiger partial charge in [0.2, 0.25) is 0 Å². The van der Waals surface area contributed by atoms with Crippen LogP contribution in [0.1, 0.15) is 110 Å². The third kappa shape index (κ3) is 23.8. The summed E-state index contributed by atoms with van der Waals surface area (Å²) in [6.45, 7) is 2.56. The van der Waals surface area contributed by atoms with Gasteiger partial charge < -0.3 is 25.2 Å². The maximum atomic E-state index is 12.3. The van der Waals surface area contributed by atoms with Crippen molar-refractivity contribution >= 4 is 25.7 Å². The van der Waals surface area contributed by atoms with Crippen molar-refractivity contribution in [2.45, 2.75) is 122 Å².